The number of carbonyl (C=O) groups is 1. The highest BCUT2D eigenvalue weighted by Crippen LogP contribution is 2.17. The van der Waals surface area contributed by atoms with Crippen molar-refractivity contribution in [2.75, 3.05) is 11.9 Å². The summed E-state index contributed by atoms with van der Waals surface area (Å²) in [7, 11) is 0. The lowest BCUT2D eigenvalue weighted by Gasteiger charge is -2.11. The molecule has 128 valence electrons. The minimum absolute atomic E-state index is 0.0139. The van der Waals surface area contributed by atoms with Crippen LogP contribution in [-0.4, -0.2) is 18.6 Å². The van der Waals surface area contributed by atoms with Gasteiger partial charge in [0, 0.05) is 12.1 Å². The Labute approximate surface area is 143 Å². The molecule has 4 nitrogen and oxygen atoms in total. The number of anilines is 1. The fraction of sp³-hybridized carbons (Fsp3) is 0.350. The maximum absolute atomic E-state index is 11.9. The Morgan fingerprint density at radius 3 is 2.25 bits per heavy atom. The monoisotopic (exact) mass is 327 g/mol. The largest absolute Gasteiger partial charge is 0.494 e. The number of ether oxygens (including phenoxy) is 2. The summed E-state index contributed by atoms with van der Waals surface area (Å²) in [6.45, 7) is 6.52. The van der Waals surface area contributed by atoms with Crippen LogP contribution < -0.4 is 14.8 Å². The maximum atomic E-state index is 11.9. The molecule has 0 fully saturated rings. The third-order valence-electron chi connectivity index (χ3n) is 3.35. The highest BCUT2D eigenvalue weighted by molar-refractivity contribution is 5.90. The molecule has 4 heteroatoms. The molecule has 0 saturated heterocycles. The first-order valence-corrected chi connectivity index (χ1v) is 8.29. The maximum Gasteiger partial charge on any atom is 0.224 e. The summed E-state index contributed by atoms with van der Waals surface area (Å²) in [5.74, 6) is 1.62. The van der Waals surface area contributed by atoms with Crippen molar-refractivity contribution in [1.29, 1.82) is 0 Å². The summed E-state index contributed by atoms with van der Waals surface area (Å²) in [5.41, 5.74) is 1.97. The first kappa shape index (κ1) is 17.9. The van der Waals surface area contributed by atoms with E-state index in [1.807, 2.05) is 69.3 Å². The predicted octanol–water partition coefficient (Wildman–Crippen LogP) is 4.58. The highest BCUT2D eigenvalue weighted by Gasteiger charge is 2.04. The predicted molar refractivity (Wildman–Crippen MR) is 96.7 cm³/mol. The average Bonchev–Trinajstić information content (AvgIpc) is 2.55. The van der Waals surface area contributed by atoms with Crippen LogP contribution in [0.1, 0.15) is 32.3 Å². The first-order chi connectivity index (χ1) is 11.5. The molecule has 0 aliphatic rings. The van der Waals surface area contributed by atoms with Gasteiger partial charge in [0.1, 0.15) is 11.5 Å². The zero-order valence-corrected chi connectivity index (χ0v) is 14.5. The molecule has 0 saturated carbocycles. The number of amides is 1. The summed E-state index contributed by atoms with van der Waals surface area (Å²) in [4.78, 5) is 11.9. The van der Waals surface area contributed by atoms with Crippen molar-refractivity contribution >= 4 is 11.6 Å². The molecule has 24 heavy (non-hydrogen) atoms. The fourth-order valence-corrected chi connectivity index (χ4v) is 2.17. The topological polar surface area (TPSA) is 47.6 Å². The first-order valence-electron chi connectivity index (χ1n) is 8.29. The molecule has 2 aromatic carbocycles. The zero-order chi connectivity index (χ0) is 17.4. The SMILES string of the molecule is Cc1ccc(OCCCC(=O)Nc2ccc(OC(C)C)cc2)cc1. The Bertz CT molecular complexity index is 633. The normalized spacial score (nSPS) is 10.5. The van der Waals surface area contributed by atoms with Gasteiger partial charge >= 0.3 is 0 Å². The molecule has 0 radical (unpaired) electrons. The van der Waals surface area contributed by atoms with Crippen molar-refractivity contribution in [3.8, 4) is 11.5 Å². The van der Waals surface area contributed by atoms with Crippen molar-refractivity contribution in [2.45, 2.75) is 39.7 Å². The third kappa shape index (κ3) is 6.32. The van der Waals surface area contributed by atoms with E-state index in [1.54, 1.807) is 0 Å². The van der Waals surface area contributed by atoms with Gasteiger partial charge in [0.2, 0.25) is 5.91 Å². The average molecular weight is 327 g/mol. The molecule has 0 aromatic heterocycles. The Morgan fingerprint density at radius 2 is 1.62 bits per heavy atom. The zero-order valence-electron chi connectivity index (χ0n) is 14.5. The number of hydrogen-bond acceptors (Lipinski definition) is 3. The van der Waals surface area contributed by atoms with Crippen molar-refractivity contribution in [1.82, 2.24) is 0 Å². The van der Waals surface area contributed by atoms with Gasteiger partial charge in [0.05, 0.1) is 12.7 Å². The number of hydrogen-bond donors (Lipinski definition) is 1. The molecular formula is C20H25NO3. The minimum atomic E-state index is -0.0139. The van der Waals surface area contributed by atoms with Crippen LogP contribution >= 0.6 is 0 Å². The van der Waals surface area contributed by atoms with Gasteiger partial charge < -0.3 is 14.8 Å². The molecule has 0 atom stereocenters. The Kier molecular flexibility index (Phi) is 6.67. The van der Waals surface area contributed by atoms with E-state index in [9.17, 15) is 4.79 Å². The van der Waals surface area contributed by atoms with Crippen LogP contribution in [0.25, 0.3) is 0 Å². The molecule has 0 aliphatic heterocycles. The molecule has 2 rings (SSSR count). The quantitative estimate of drug-likeness (QED) is 0.722. The van der Waals surface area contributed by atoms with E-state index in [0.29, 0.717) is 19.4 Å². The van der Waals surface area contributed by atoms with E-state index in [2.05, 4.69) is 5.32 Å². The number of rotatable bonds is 8. The number of aryl methyl sites for hydroxylation is 1. The second-order valence-electron chi connectivity index (χ2n) is 6.00. The Morgan fingerprint density at radius 1 is 1.00 bits per heavy atom. The molecule has 0 bridgehead atoms. The van der Waals surface area contributed by atoms with E-state index >= 15 is 0 Å². The summed E-state index contributed by atoms with van der Waals surface area (Å²) in [6.07, 6.45) is 1.24. The number of benzene rings is 2. The van der Waals surface area contributed by atoms with Gasteiger partial charge in [-0.2, -0.15) is 0 Å². The van der Waals surface area contributed by atoms with Crippen LogP contribution in [-0.2, 0) is 4.79 Å². The summed E-state index contributed by atoms with van der Waals surface area (Å²) in [5, 5.41) is 2.88. The second-order valence-corrected chi connectivity index (χ2v) is 6.00. The van der Waals surface area contributed by atoms with Crippen molar-refractivity contribution in [3.05, 3.63) is 54.1 Å². The van der Waals surface area contributed by atoms with Crippen molar-refractivity contribution in [2.24, 2.45) is 0 Å². The van der Waals surface area contributed by atoms with Crippen LogP contribution in [0.3, 0.4) is 0 Å². The van der Waals surface area contributed by atoms with Crippen LogP contribution in [0.5, 0.6) is 11.5 Å². The smallest absolute Gasteiger partial charge is 0.224 e. The second kappa shape index (κ2) is 8.96. The minimum Gasteiger partial charge on any atom is -0.494 e. The molecule has 0 heterocycles. The van der Waals surface area contributed by atoms with Gasteiger partial charge in [-0.25, -0.2) is 0 Å². The lowest BCUT2D eigenvalue weighted by atomic mass is 10.2. The van der Waals surface area contributed by atoms with Gasteiger partial charge in [-0.1, -0.05) is 17.7 Å². The van der Waals surface area contributed by atoms with E-state index < -0.39 is 0 Å². The molecule has 0 aliphatic carbocycles. The highest BCUT2D eigenvalue weighted by atomic mass is 16.5. The molecule has 0 unspecified atom stereocenters. The Hall–Kier alpha value is -2.49. The molecule has 1 amide bonds. The number of nitrogens with one attached hydrogen (secondary N) is 1. The summed E-state index contributed by atoms with van der Waals surface area (Å²) in [6, 6.07) is 15.3. The van der Waals surface area contributed by atoms with E-state index in [4.69, 9.17) is 9.47 Å². The van der Waals surface area contributed by atoms with Gasteiger partial charge in [-0.15, -0.1) is 0 Å². The van der Waals surface area contributed by atoms with Crippen LogP contribution in [0.4, 0.5) is 5.69 Å². The van der Waals surface area contributed by atoms with Crippen molar-refractivity contribution in [3.63, 3.8) is 0 Å². The van der Waals surface area contributed by atoms with Gasteiger partial charge in [-0.05, 0) is 63.6 Å². The number of carbonyl (C=O) groups excluding carboxylic acids is 1. The van der Waals surface area contributed by atoms with Gasteiger partial charge in [0.25, 0.3) is 0 Å². The van der Waals surface area contributed by atoms with E-state index in [-0.39, 0.29) is 12.0 Å². The molecule has 0 spiro atoms. The van der Waals surface area contributed by atoms with E-state index in [0.717, 1.165) is 17.2 Å². The third-order valence-corrected chi connectivity index (χ3v) is 3.35. The van der Waals surface area contributed by atoms with Gasteiger partial charge in [0.15, 0.2) is 0 Å². The lowest BCUT2D eigenvalue weighted by Crippen LogP contribution is -2.13. The lowest BCUT2D eigenvalue weighted by molar-refractivity contribution is -0.116. The summed E-state index contributed by atoms with van der Waals surface area (Å²) < 4.78 is 11.2. The molecular weight excluding hydrogens is 302 g/mol. The van der Waals surface area contributed by atoms with Crippen LogP contribution in [0.2, 0.25) is 0 Å². The van der Waals surface area contributed by atoms with E-state index in [1.165, 1.54) is 5.56 Å². The fourth-order valence-electron chi connectivity index (χ4n) is 2.17. The molecule has 1 N–H and O–H groups in total. The Balaban J connectivity index is 1.68. The van der Waals surface area contributed by atoms with Crippen LogP contribution in [0, 0.1) is 6.92 Å². The van der Waals surface area contributed by atoms with Gasteiger partial charge in [-0.3, -0.25) is 4.79 Å². The van der Waals surface area contributed by atoms with Crippen molar-refractivity contribution < 1.29 is 14.3 Å². The summed E-state index contributed by atoms with van der Waals surface area (Å²) >= 11 is 0. The van der Waals surface area contributed by atoms with Crippen LogP contribution in [0.15, 0.2) is 48.5 Å². The molecule has 2 aromatic rings. The standard InChI is InChI=1S/C20H25NO3/c1-15(2)24-19-12-8-17(9-13-19)21-20(22)5-4-14-23-18-10-6-16(3)7-11-18/h6-13,15H,4-5,14H2,1-3H3,(H,21,22).